The van der Waals surface area contributed by atoms with Gasteiger partial charge in [0.1, 0.15) is 0 Å². The summed E-state index contributed by atoms with van der Waals surface area (Å²) in [5.74, 6) is 1.17. The highest BCUT2D eigenvalue weighted by Crippen LogP contribution is 2.25. The van der Waals surface area contributed by atoms with Crippen LogP contribution in [0, 0.1) is 11.8 Å². The molecule has 1 heterocycles. The largest absolute Gasteiger partial charge is 0.312 e. The van der Waals surface area contributed by atoms with Crippen LogP contribution in [0.5, 0.6) is 0 Å². The van der Waals surface area contributed by atoms with E-state index in [9.17, 15) is 0 Å². The van der Waals surface area contributed by atoms with Crippen LogP contribution in [-0.2, 0) is 19.9 Å². The van der Waals surface area contributed by atoms with Crippen LogP contribution in [0.2, 0.25) is 5.02 Å². The maximum Gasteiger partial charge on any atom is 0.0849 e. The standard InChI is InChI=1S/C16H30ClN3/c1-8-13-15(17)14(20(7)19-13)9-11(2)12(3)10-18-16(4,5)6/h11-12,18H,8-10H2,1-7H3. The predicted octanol–water partition coefficient (Wildman–Crippen LogP) is 3.84. The van der Waals surface area contributed by atoms with Crippen LogP contribution < -0.4 is 5.32 Å². The van der Waals surface area contributed by atoms with Crippen molar-refractivity contribution in [3.8, 4) is 0 Å². The van der Waals surface area contributed by atoms with Crippen molar-refractivity contribution in [3.63, 3.8) is 0 Å². The zero-order valence-corrected chi connectivity index (χ0v) is 14.8. The summed E-state index contributed by atoms with van der Waals surface area (Å²) < 4.78 is 1.95. The lowest BCUT2D eigenvalue weighted by molar-refractivity contribution is 0.314. The highest BCUT2D eigenvalue weighted by molar-refractivity contribution is 6.31. The molecule has 116 valence electrons. The molecule has 0 fully saturated rings. The summed E-state index contributed by atoms with van der Waals surface area (Å²) in [6.07, 6.45) is 1.87. The minimum absolute atomic E-state index is 0.174. The Morgan fingerprint density at radius 2 is 1.85 bits per heavy atom. The Bertz CT molecular complexity index is 432. The average molecular weight is 300 g/mol. The highest BCUT2D eigenvalue weighted by Gasteiger charge is 2.20. The van der Waals surface area contributed by atoms with Crippen molar-refractivity contribution in [3.05, 3.63) is 16.4 Å². The van der Waals surface area contributed by atoms with Gasteiger partial charge in [-0.3, -0.25) is 4.68 Å². The van der Waals surface area contributed by atoms with Gasteiger partial charge in [0, 0.05) is 12.6 Å². The van der Waals surface area contributed by atoms with Crippen molar-refractivity contribution in [2.45, 2.75) is 59.9 Å². The van der Waals surface area contributed by atoms with E-state index in [1.165, 1.54) is 5.69 Å². The van der Waals surface area contributed by atoms with Gasteiger partial charge in [-0.2, -0.15) is 5.10 Å². The summed E-state index contributed by atoms with van der Waals surface area (Å²) in [5, 5.41) is 8.93. The molecule has 2 atom stereocenters. The molecule has 1 N–H and O–H groups in total. The Morgan fingerprint density at radius 1 is 1.25 bits per heavy atom. The van der Waals surface area contributed by atoms with Crippen LogP contribution in [0.15, 0.2) is 0 Å². The molecule has 1 rings (SSSR count). The Kier molecular flexibility index (Phi) is 6.08. The van der Waals surface area contributed by atoms with E-state index in [0.717, 1.165) is 30.1 Å². The van der Waals surface area contributed by atoms with Gasteiger partial charge in [-0.05, 0) is 52.0 Å². The molecule has 1 aromatic heterocycles. The predicted molar refractivity (Wildman–Crippen MR) is 87.4 cm³/mol. The molecule has 0 aromatic carbocycles. The van der Waals surface area contributed by atoms with E-state index in [1.54, 1.807) is 0 Å². The van der Waals surface area contributed by atoms with Crippen molar-refractivity contribution >= 4 is 11.6 Å². The van der Waals surface area contributed by atoms with Crippen LogP contribution in [0.3, 0.4) is 0 Å². The van der Waals surface area contributed by atoms with Crippen molar-refractivity contribution in [1.29, 1.82) is 0 Å². The SMILES string of the molecule is CCc1nn(C)c(CC(C)C(C)CNC(C)(C)C)c1Cl. The number of nitrogens with zero attached hydrogens (tertiary/aromatic N) is 2. The molecule has 4 heteroatoms. The summed E-state index contributed by atoms with van der Waals surface area (Å²) >= 11 is 6.43. The van der Waals surface area contributed by atoms with E-state index < -0.39 is 0 Å². The summed E-state index contributed by atoms with van der Waals surface area (Å²) in [5.41, 5.74) is 2.35. The third kappa shape index (κ3) is 4.78. The highest BCUT2D eigenvalue weighted by atomic mass is 35.5. The molecule has 0 bridgehead atoms. The molecule has 0 saturated heterocycles. The molecule has 0 aliphatic rings. The Balaban J connectivity index is 2.66. The van der Waals surface area contributed by atoms with Crippen LogP contribution in [0.1, 0.15) is 52.9 Å². The van der Waals surface area contributed by atoms with Crippen molar-refractivity contribution < 1.29 is 0 Å². The van der Waals surface area contributed by atoms with E-state index in [2.05, 4.69) is 52.0 Å². The van der Waals surface area contributed by atoms with E-state index in [1.807, 2.05) is 11.7 Å². The molecule has 0 amide bonds. The fraction of sp³-hybridized carbons (Fsp3) is 0.812. The van der Waals surface area contributed by atoms with E-state index >= 15 is 0 Å². The minimum atomic E-state index is 0.174. The molecule has 0 saturated carbocycles. The summed E-state index contributed by atoms with van der Waals surface area (Å²) in [6, 6.07) is 0. The summed E-state index contributed by atoms with van der Waals surface area (Å²) in [4.78, 5) is 0. The van der Waals surface area contributed by atoms with Crippen LogP contribution in [-0.4, -0.2) is 21.9 Å². The van der Waals surface area contributed by atoms with Gasteiger partial charge in [-0.15, -0.1) is 0 Å². The first kappa shape index (κ1) is 17.5. The molecule has 20 heavy (non-hydrogen) atoms. The number of nitrogens with one attached hydrogen (secondary N) is 1. The van der Waals surface area contributed by atoms with Gasteiger partial charge < -0.3 is 5.32 Å². The topological polar surface area (TPSA) is 29.9 Å². The van der Waals surface area contributed by atoms with Crippen LogP contribution in [0.25, 0.3) is 0 Å². The molecule has 2 unspecified atom stereocenters. The smallest absolute Gasteiger partial charge is 0.0849 e. The number of hydrogen-bond acceptors (Lipinski definition) is 2. The molecular formula is C16H30ClN3. The molecule has 0 radical (unpaired) electrons. The maximum atomic E-state index is 6.43. The van der Waals surface area contributed by atoms with E-state index in [-0.39, 0.29) is 5.54 Å². The molecule has 0 aliphatic carbocycles. The van der Waals surface area contributed by atoms with Gasteiger partial charge in [-0.25, -0.2) is 0 Å². The van der Waals surface area contributed by atoms with Crippen molar-refractivity contribution in [2.24, 2.45) is 18.9 Å². The Morgan fingerprint density at radius 3 is 2.30 bits per heavy atom. The monoisotopic (exact) mass is 299 g/mol. The number of halogens is 1. The van der Waals surface area contributed by atoms with Gasteiger partial charge in [0.15, 0.2) is 0 Å². The third-order valence-corrected chi connectivity index (χ3v) is 4.38. The lowest BCUT2D eigenvalue weighted by Crippen LogP contribution is -2.40. The quantitative estimate of drug-likeness (QED) is 0.865. The van der Waals surface area contributed by atoms with Crippen LogP contribution >= 0.6 is 11.6 Å². The van der Waals surface area contributed by atoms with Gasteiger partial charge in [0.05, 0.1) is 16.4 Å². The first-order valence-corrected chi connectivity index (χ1v) is 7.98. The minimum Gasteiger partial charge on any atom is -0.312 e. The summed E-state index contributed by atoms with van der Waals surface area (Å²) in [6.45, 7) is 14.3. The lowest BCUT2D eigenvalue weighted by Gasteiger charge is -2.26. The second-order valence-electron chi connectivity index (χ2n) is 6.97. The second kappa shape index (κ2) is 6.95. The fourth-order valence-corrected chi connectivity index (χ4v) is 2.59. The Labute approximate surface area is 129 Å². The fourth-order valence-electron chi connectivity index (χ4n) is 2.22. The van der Waals surface area contributed by atoms with Gasteiger partial charge >= 0.3 is 0 Å². The van der Waals surface area contributed by atoms with E-state index in [0.29, 0.717) is 11.8 Å². The number of hydrogen-bond donors (Lipinski definition) is 1. The third-order valence-electron chi connectivity index (χ3n) is 3.94. The summed E-state index contributed by atoms with van der Waals surface area (Å²) in [7, 11) is 1.99. The molecule has 0 aliphatic heterocycles. The van der Waals surface area contributed by atoms with Gasteiger partial charge in [0.25, 0.3) is 0 Å². The van der Waals surface area contributed by atoms with Gasteiger partial charge in [0.2, 0.25) is 0 Å². The zero-order chi connectivity index (χ0) is 15.5. The van der Waals surface area contributed by atoms with Crippen LogP contribution in [0.4, 0.5) is 0 Å². The number of aryl methyl sites for hydroxylation is 2. The van der Waals surface area contributed by atoms with E-state index in [4.69, 9.17) is 11.6 Å². The molecule has 1 aromatic rings. The zero-order valence-electron chi connectivity index (χ0n) is 14.0. The Hall–Kier alpha value is -0.540. The maximum absolute atomic E-state index is 6.43. The molecule has 3 nitrogen and oxygen atoms in total. The van der Waals surface area contributed by atoms with Crippen molar-refractivity contribution in [2.75, 3.05) is 6.54 Å². The lowest BCUT2D eigenvalue weighted by atomic mass is 9.90. The first-order valence-electron chi connectivity index (χ1n) is 7.61. The first-order chi connectivity index (χ1) is 9.15. The number of aromatic nitrogens is 2. The average Bonchev–Trinajstić information content (AvgIpc) is 2.62. The number of rotatable bonds is 6. The normalized spacial score (nSPS) is 15.4. The molecular weight excluding hydrogens is 270 g/mol. The molecule has 0 spiro atoms. The van der Waals surface area contributed by atoms with Gasteiger partial charge in [-0.1, -0.05) is 32.4 Å². The van der Waals surface area contributed by atoms with Crippen molar-refractivity contribution in [1.82, 2.24) is 15.1 Å². The second-order valence-corrected chi connectivity index (χ2v) is 7.35.